The molecular formula is C14H12F5NO2. The largest absolute Gasteiger partial charge is 0.378 e. The van der Waals surface area contributed by atoms with Gasteiger partial charge in [-0.05, 0) is 12.8 Å². The van der Waals surface area contributed by atoms with Crippen LogP contribution in [0.4, 0.5) is 22.0 Å². The van der Waals surface area contributed by atoms with Crippen molar-refractivity contribution in [1.82, 2.24) is 5.32 Å². The number of rotatable bonds is 2. The number of carbonyl (C=O) groups is 1. The molecule has 1 aromatic carbocycles. The van der Waals surface area contributed by atoms with E-state index in [1.165, 1.54) is 0 Å². The van der Waals surface area contributed by atoms with Crippen LogP contribution in [0, 0.1) is 35.0 Å². The molecule has 120 valence electrons. The second-order valence-electron chi connectivity index (χ2n) is 5.58. The van der Waals surface area contributed by atoms with E-state index < -0.39 is 46.4 Å². The molecule has 2 heterocycles. The lowest BCUT2D eigenvalue weighted by Crippen LogP contribution is -2.55. The highest BCUT2D eigenvalue weighted by Gasteiger charge is 2.39. The van der Waals surface area contributed by atoms with Crippen molar-refractivity contribution in [2.45, 2.75) is 24.9 Å². The number of carbonyl (C=O) groups excluding carboxylic acids is 1. The van der Waals surface area contributed by atoms with Gasteiger partial charge in [-0.15, -0.1) is 0 Å². The van der Waals surface area contributed by atoms with E-state index in [9.17, 15) is 26.7 Å². The maximum Gasteiger partial charge on any atom is 0.200 e. The highest BCUT2D eigenvalue weighted by Crippen LogP contribution is 2.31. The fraction of sp³-hybridized carbons (Fsp3) is 0.500. The van der Waals surface area contributed by atoms with Gasteiger partial charge in [0.25, 0.3) is 0 Å². The zero-order valence-corrected chi connectivity index (χ0v) is 11.3. The van der Waals surface area contributed by atoms with Crippen LogP contribution in [0.1, 0.15) is 23.2 Å². The molecule has 0 spiro atoms. The van der Waals surface area contributed by atoms with Gasteiger partial charge >= 0.3 is 0 Å². The molecule has 2 fully saturated rings. The van der Waals surface area contributed by atoms with Crippen molar-refractivity contribution >= 4 is 5.78 Å². The number of ether oxygens (including phenoxy) is 1. The van der Waals surface area contributed by atoms with E-state index in [0.29, 0.717) is 13.2 Å². The number of hydrogen-bond acceptors (Lipinski definition) is 3. The molecule has 0 saturated carbocycles. The second kappa shape index (κ2) is 5.58. The molecular weight excluding hydrogens is 309 g/mol. The maximum atomic E-state index is 13.7. The van der Waals surface area contributed by atoms with Crippen molar-refractivity contribution in [2.75, 3.05) is 13.2 Å². The summed E-state index contributed by atoms with van der Waals surface area (Å²) in [4.78, 5) is 12.3. The Hall–Kier alpha value is -1.54. The quantitative estimate of drug-likeness (QED) is 0.393. The Kier molecular flexibility index (Phi) is 3.90. The number of fused-ring (bicyclic) bond motifs is 2. The van der Waals surface area contributed by atoms with Crippen molar-refractivity contribution in [3.8, 4) is 0 Å². The number of morpholine rings is 1. The van der Waals surface area contributed by atoms with Crippen LogP contribution in [-0.4, -0.2) is 31.1 Å². The van der Waals surface area contributed by atoms with Gasteiger partial charge < -0.3 is 10.1 Å². The predicted molar refractivity (Wildman–Crippen MR) is 64.8 cm³/mol. The van der Waals surface area contributed by atoms with E-state index >= 15 is 0 Å². The lowest BCUT2D eigenvalue weighted by Gasteiger charge is -2.39. The van der Waals surface area contributed by atoms with Gasteiger partial charge in [0.1, 0.15) is 0 Å². The molecule has 1 aromatic rings. The van der Waals surface area contributed by atoms with Gasteiger partial charge in [-0.25, -0.2) is 22.0 Å². The summed E-state index contributed by atoms with van der Waals surface area (Å²) in [6.07, 6.45) is 0.462. The molecule has 2 bridgehead atoms. The molecule has 2 saturated heterocycles. The van der Waals surface area contributed by atoms with E-state index in [1.807, 2.05) is 0 Å². The standard InChI is InChI=1S/C14H12F5NO2/c15-9-8(10(16)12(18)13(19)11(9)17)14(21)5-1-6-3-22-4-7(2-5)20-6/h5-7,20H,1-4H2. The molecule has 2 atom stereocenters. The third-order valence-corrected chi connectivity index (χ3v) is 4.07. The summed E-state index contributed by atoms with van der Waals surface area (Å²) in [6, 6.07) is -0.328. The van der Waals surface area contributed by atoms with Crippen molar-refractivity contribution in [3.05, 3.63) is 34.6 Å². The topological polar surface area (TPSA) is 38.3 Å². The number of piperidine rings is 1. The van der Waals surface area contributed by atoms with Crippen molar-refractivity contribution in [3.63, 3.8) is 0 Å². The maximum absolute atomic E-state index is 13.7. The average molecular weight is 321 g/mol. The summed E-state index contributed by atoms with van der Waals surface area (Å²) in [6.45, 7) is 0.689. The second-order valence-corrected chi connectivity index (χ2v) is 5.58. The van der Waals surface area contributed by atoms with E-state index in [0.717, 1.165) is 0 Å². The first kappa shape index (κ1) is 15.4. The summed E-state index contributed by atoms with van der Waals surface area (Å²) < 4.78 is 72.2. The van der Waals surface area contributed by atoms with Crippen LogP contribution in [0.25, 0.3) is 0 Å². The summed E-state index contributed by atoms with van der Waals surface area (Å²) >= 11 is 0. The smallest absolute Gasteiger partial charge is 0.200 e. The van der Waals surface area contributed by atoms with Gasteiger partial charge in [-0.1, -0.05) is 0 Å². The van der Waals surface area contributed by atoms with Crippen LogP contribution in [0.5, 0.6) is 0 Å². The zero-order chi connectivity index (χ0) is 16.0. The first-order chi connectivity index (χ1) is 10.4. The Labute approximate surface area is 122 Å². The zero-order valence-electron chi connectivity index (χ0n) is 11.3. The SMILES string of the molecule is O=C(c1c(F)c(F)c(F)c(F)c1F)C1CC2COCC(C1)N2. The number of ketones is 1. The normalized spacial score (nSPS) is 27.8. The molecule has 2 aliphatic rings. The number of benzene rings is 1. The van der Waals surface area contributed by atoms with Gasteiger partial charge in [-0.2, -0.15) is 0 Å². The molecule has 2 unspecified atom stereocenters. The molecule has 3 rings (SSSR count). The minimum Gasteiger partial charge on any atom is -0.378 e. The first-order valence-electron chi connectivity index (χ1n) is 6.79. The van der Waals surface area contributed by atoms with Crippen LogP contribution < -0.4 is 5.32 Å². The summed E-state index contributed by atoms with van der Waals surface area (Å²) in [5, 5.41) is 3.18. The molecule has 3 nitrogen and oxygen atoms in total. The Morgan fingerprint density at radius 3 is 1.82 bits per heavy atom. The highest BCUT2D eigenvalue weighted by atomic mass is 19.2. The van der Waals surface area contributed by atoms with Crippen LogP contribution in [0.3, 0.4) is 0 Å². The van der Waals surface area contributed by atoms with Crippen molar-refractivity contribution < 1.29 is 31.5 Å². The van der Waals surface area contributed by atoms with Crippen LogP contribution >= 0.6 is 0 Å². The Morgan fingerprint density at radius 2 is 1.32 bits per heavy atom. The molecule has 0 amide bonds. The van der Waals surface area contributed by atoms with E-state index in [2.05, 4.69) is 5.32 Å². The van der Waals surface area contributed by atoms with Crippen LogP contribution in [-0.2, 0) is 4.74 Å². The van der Waals surface area contributed by atoms with Crippen LogP contribution in [0.2, 0.25) is 0 Å². The minimum atomic E-state index is -2.26. The van der Waals surface area contributed by atoms with Gasteiger partial charge in [-0.3, -0.25) is 4.79 Å². The summed E-state index contributed by atoms with van der Waals surface area (Å²) in [5.74, 6) is -12.4. The summed E-state index contributed by atoms with van der Waals surface area (Å²) in [7, 11) is 0. The van der Waals surface area contributed by atoms with E-state index in [4.69, 9.17) is 4.74 Å². The lowest BCUT2D eigenvalue weighted by atomic mass is 9.82. The fourth-order valence-corrected chi connectivity index (χ4v) is 3.08. The van der Waals surface area contributed by atoms with Gasteiger partial charge in [0.05, 0.1) is 18.8 Å². The Bertz CT molecular complexity index is 595. The van der Waals surface area contributed by atoms with Crippen LogP contribution in [0.15, 0.2) is 0 Å². The molecule has 0 aliphatic carbocycles. The number of halogens is 5. The third kappa shape index (κ3) is 2.40. The molecule has 0 radical (unpaired) electrons. The van der Waals surface area contributed by atoms with E-state index in [1.54, 1.807) is 0 Å². The molecule has 8 heteroatoms. The van der Waals surface area contributed by atoms with E-state index in [-0.39, 0.29) is 24.9 Å². The fourth-order valence-electron chi connectivity index (χ4n) is 3.08. The average Bonchev–Trinajstić information content (AvgIpc) is 2.50. The van der Waals surface area contributed by atoms with Crippen molar-refractivity contribution in [2.24, 2.45) is 5.92 Å². The molecule has 22 heavy (non-hydrogen) atoms. The Morgan fingerprint density at radius 1 is 0.864 bits per heavy atom. The lowest BCUT2D eigenvalue weighted by molar-refractivity contribution is 0.00933. The molecule has 2 aliphatic heterocycles. The van der Waals surface area contributed by atoms with Crippen molar-refractivity contribution in [1.29, 1.82) is 0 Å². The van der Waals surface area contributed by atoms with Gasteiger partial charge in [0.15, 0.2) is 29.1 Å². The molecule has 0 aromatic heterocycles. The number of hydrogen-bond donors (Lipinski definition) is 1. The van der Waals surface area contributed by atoms with Gasteiger partial charge in [0, 0.05) is 18.0 Å². The third-order valence-electron chi connectivity index (χ3n) is 4.07. The summed E-state index contributed by atoms with van der Waals surface area (Å²) in [5.41, 5.74) is -1.35. The highest BCUT2D eigenvalue weighted by molar-refractivity contribution is 5.98. The minimum absolute atomic E-state index is 0.164. The number of nitrogens with one attached hydrogen (secondary N) is 1. The molecule has 1 N–H and O–H groups in total. The van der Waals surface area contributed by atoms with Gasteiger partial charge in [0.2, 0.25) is 5.82 Å². The first-order valence-corrected chi connectivity index (χ1v) is 6.79. The Balaban J connectivity index is 1.96. The monoisotopic (exact) mass is 321 g/mol. The number of Topliss-reactive ketones (excluding diaryl/α,β-unsaturated/α-hetero) is 1. The predicted octanol–water partition coefficient (Wildman–Crippen LogP) is 2.33.